The van der Waals surface area contributed by atoms with E-state index < -0.39 is 0 Å². The van der Waals surface area contributed by atoms with Crippen LogP contribution in [-0.4, -0.2) is 10.9 Å². The molecule has 0 saturated heterocycles. The quantitative estimate of drug-likeness (QED) is 0.751. The highest BCUT2D eigenvalue weighted by Gasteiger charge is 2.06. The van der Waals surface area contributed by atoms with E-state index in [0.29, 0.717) is 11.4 Å². The van der Waals surface area contributed by atoms with Crippen molar-refractivity contribution in [1.82, 2.24) is 4.98 Å². The van der Waals surface area contributed by atoms with E-state index in [1.807, 2.05) is 55.5 Å². The van der Waals surface area contributed by atoms with Crippen LogP contribution in [0.4, 0.5) is 17.2 Å². The van der Waals surface area contributed by atoms with Crippen LogP contribution in [0.25, 0.3) is 0 Å². The van der Waals surface area contributed by atoms with Gasteiger partial charge in [-0.05, 0) is 43.3 Å². The molecule has 0 aliphatic rings. The normalized spacial score (nSPS) is 10.1. The zero-order valence-corrected chi connectivity index (χ0v) is 12.8. The van der Waals surface area contributed by atoms with E-state index in [2.05, 4.69) is 15.6 Å². The maximum Gasteiger partial charge on any atom is 0.256 e. The summed E-state index contributed by atoms with van der Waals surface area (Å²) in [5, 5.41) is 6.04. The minimum absolute atomic E-state index is 0.165. The minimum Gasteiger partial charge on any atom is -0.354 e. The van der Waals surface area contributed by atoms with Crippen molar-refractivity contribution in [2.24, 2.45) is 0 Å². The Hall–Kier alpha value is -3.14. The number of benzene rings is 2. The van der Waals surface area contributed by atoms with Crippen LogP contribution in [0.2, 0.25) is 0 Å². The summed E-state index contributed by atoms with van der Waals surface area (Å²) >= 11 is 0. The standard InChI is InChI=1S/C19H17N3O/c1-14-7-9-15(10-8-14)19(23)22-18-12-11-17(13-20-18)21-16-5-3-2-4-6-16/h2-13,21H,1H3,(H,20,22,23). The third kappa shape index (κ3) is 3.95. The molecule has 2 aromatic carbocycles. The van der Waals surface area contributed by atoms with Gasteiger partial charge in [-0.25, -0.2) is 4.98 Å². The Labute approximate surface area is 135 Å². The first-order valence-corrected chi connectivity index (χ1v) is 7.37. The number of pyridine rings is 1. The van der Waals surface area contributed by atoms with Crippen LogP contribution < -0.4 is 10.6 Å². The summed E-state index contributed by atoms with van der Waals surface area (Å²) in [7, 11) is 0. The average Bonchev–Trinajstić information content (AvgIpc) is 2.58. The van der Waals surface area contributed by atoms with Crippen molar-refractivity contribution in [3.8, 4) is 0 Å². The van der Waals surface area contributed by atoms with Gasteiger partial charge in [-0.2, -0.15) is 0 Å². The summed E-state index contributed by atoms with van der Waals surface area (Å²) in [5.41, 5.74) is 3.59. The Kier molecular flexibility index (Phi) is 4.34. The number of carbonyl (C=O) groups is 1. The van der Waals surface area contributed by atoms with Crippen LogP contribution in [0.15, 0.2) is 72.9 Å². The molecule has 0 saturated carbocycles. The molecule has 0 spiro atoms. The number of rotatable bonds is 4. The second-order valence-corrected chi connectivity index (χ2v) is 5.24. The van der Waals surface area contributed by atoms with Crippen molar-refractivity contribution in [3.63, 3.8) is 0 Å². The molecule has 0 aliphatic heterocycles. The van der Waals surface area contributed by atoms with E-state index in [0.717, 1.165) is 16.9 Å². The van der Waals surface area contributed by atoms with Crippen LogP contribution >= 0.6 is 0 Å². The van der Waals surface area contributed by atoms with Gasteiger partial charge in [0.1, 0.15) is 5.82 Å². The highest BCUT2D eigenvalue weighted by molar-refractivity contribution is 6.03. The summed E-state index contributed by atoms with van der Waals surface area (Å²) in [6, 6.07) is 20.9. The van der Waals surface area contributed by atoms with Crippen molar-refractivity contribution in [2.75, 3.05) is 10.6 Å². The average molecular weight is 303 g/mol. The van der Waals surface area contributed by atoms with Gasteiger partial charge in [0, 0.05) is 11.3 Å². The molecule has 0 fully saturated rings. The van der Waals surface area contributed by atoms with E-state index in [1.54, 1.807) is 24.4 Å². The van der Waals surface area contributed by atoms with Gasteiger partial charge in [-0.3, -0.25) is 4.79 Å². The first kappa shape index (κ1) is 14.8. The topological polar surface area (TPSA) is 54.0 Å². The third-order valence-corrected chi connectivity index (χ3v) is 3.38. The number of carbonyl (C=O) groups excluding carboxylic acids is 1. The Morgan fingerprint density at radius 1 is 0.870 bits per heavy atom. The fourth-order valence-corrected chi connectivity index (χ4v) is 2.12. The molecule has 0 radical (unpaired) electrons. The molecule has 0 atom stereocenters. The molecule has 1 heterocycles. The number of nitrogens with zero attached hydrogens (tertiary/aromatic N) is 1. The highest BCUT2D eigenvalue weighted by atomic mass is 16.1. The van der Waals surface area contributed by atoms with Crippen molar-refractivity contribution >= 4 is 23.1 Å². The third-order valence-electron chi connectivity index (χ3n) is 3.38. The van der Waals surface area contributed by atoms with Crippen molar-refractivity contribution in [2.45, 2.75) is 6.92 Å². The first-order chi connectivity index (χ1) is 11.2. The molecule has 3 rings (SSSR count). The fraction of sp³-hybridized carbons (Fsp3) is 0.0526. The fourth-order valence-electron chi connectivity index (χ4n) is 2.12. The predicted octanol–water partition coefficient (Wildman–Crippen LogP) is 4.39. The Balaban J connectivity index is 1.65. The molecular formula is C19H17N3O. The molecule has 3 aromatic rings. The van der Waals surface area contributed by atoms with E-state index in [4.69, 9.17) is 0 Å². The van der Waals surface area contributed by atoms with Gasteiger partial charge in [0.2, 0.25) is 0 Å². The van der Waals surface area contributed by atoms with Gasteiger partial charge in [-0.1, -0.05) is 35.9 Å². The first-order valence-electron chi connectivity index (χ1n) is 7.37. The lowest BCUT2D eigenvalue weighted by molar-refractivity contribution is 0.102. The van der Waals surface area contributed by atoms with Gasteiger partial charge in [0.15, 0.2) is 0 Å². The van der Waals surface area contributed by atoms with Gasteiger partial charge < -0.3 is 10.6 Å². The summed E-state index contributed by atoms with van der Waals surface area (Å²) in [6.45, 7) is 1.99. The van der Waals surface area contributed by atoms with Gasteiger partial charge in [0.05, 0.1) is 11.9 Å². The Bertz CT molecular complexity index is 781. The maximum absolute atomic E-state index is 12.1. The second kappa shape index (κ2) is 6.75. The molecule has 114 valence electrons. The summed E-state index contributed by atoms with van der Waals surface area (Å²) in [4.78, 5) is 16.4. The number of amides is 1. The summed E-state index contributed by atoms with van der Waals surface area (Å²) < 4.78 is 0. The maximum atomic E-state index is 12.1. The monoisotopic (exact) mass is 303 g/mol. The van der Waals surface area contributed by atoms with Crippen LogP contribution in [0.1, 0.15) is 15.9 Å². The lowest BCUT2D eigenvalue weighted by atomic mass is 10.1. The molecule has 4 heteroatoms. The largest absolute Gasteiger partial charge is 0.354 e. The van der Waals surface area contributed by atoms with Crippen LogP contribution in [0, 0.1) is 6.92 Å². The van der Waals surface area contributed by atoms with Crippen LogP contribution in [-0.2, 0) is 0 Å². The highest BCUT2D eigenvalue weighted by Crippen LogP contribution is 2.16. The zero-order chi connectivity index (χ0) is 16.1. The van der Waals surface area contributed by atoms with E-state index in [-0.39, 0.29) is 5.91 Å². The van der Waals surface area contributed by atoms with E-state index in [1.165, 1.54) is 0 Å². The Morgan fingerprint density at radius 2 is 1.61 bits per heavy atom. The number of para-hydroxylation sites is 1. The predicted molar refractivity (Wildman–Crippen MR) is 93.1 cm³/mol. The number of nitrogens with one attached hydrogen (secondary N) is 2. The second-order valence-electron chi connectivity index (χ2n) is 5.24. The van der Waals surface area contributed by atoms with Gasteiger partial charge in [-0.15, -0.1) is 0 Å². The van der Waals surface area contributed by atoms with Crippen molar-refractivity contribution < 1.29 is 4.79 Å². The lowest BCUT2D eigenvalue weighted by Gasteiger charge is -2.08. The van der Waals surface area contributed by atoms with Gasteiger partial charge >= 0.3 is 0 Å². The summed E-state index contributed by atoms with van der Waals surface area (Å²) in [5.74, 6) is 0.357. The van der Waals surface area contributed by atoms with Crippen molar-refractivity contribution in [3.05, 3.63) is 84.1 Å². The molecule has 0 aliphatic carbocycles. The van der Waals surface area contributed by atoms with Gasteiger partial charge in [0.25, 0.3) is 5.91 Å². The molecule has 2 N–H and O–H groups in total. The van der Waals surface area contributed by atoms with Crippen molar-refractivity contribution in [1.29, 1.82) is 0 Å². The minimum atomic E-state index is -0.165. The number of anilines is 3. The SMILES string of the molecule is Cc1ccc(C(=O)Nc2ccc(Nc3ccccc3)cn2)cc1. The Morgan fingerprint density at radius 3 is 2.26 bits per heavy atom. The molecule has 1 amide bonds. The lowest BCUT2D eigenvalue weighted by Crippen LogP contribution is -2.12. The molecular weight excluding hydrogens is 286 g/mol. The summed E-state index contributed by atoms with van der Waals surface area (Å²) in [6.07, 6.45) is 1.69. The van der Waals surface area contributed by atoms with E-state index in [9.17, 15) is 4.79 Å². The number of hydrogen-bond acceptors (Lipinski definition) is 3. The molecule has 0 unspecified atom stereocenters. The number of aryl methyl sites for hydroxylation is 1. The molecule has 0 bridgehead atoms. The zero-order valence-electron chi connectivity index (χ0n) is 12.8. The van der Waals surface area contributed by atoms with Crippen LogP contribution in [0.5, 0.6) is 0 Å². The molecule has 23 heavy (non-hydrogen) atoms. The van der Waals surface area contributed by atoms with E-state index >= 15 is 0 Å². The number of aromatic nitrogens is 1. The van der Waals surface area contributed by atoms with Crippen LogP contribution in [0.3, 0.4) is 0 Å². The molecule has 4 nitrogen and oxygen atoms in total. The molecule has 1 aromatic heterocycles. The smallest absolute Gasteiger partial charge is 0.256 e. The number of hydrogen-bond donors (Lipinski definition) is 2.